The lowest BCUT2D eigenvalue weighted by Crippen LogP contribution is -2.10. The van der Waals surface area contributed by atoms with E-state index in [2.05, 4.69) is 10.2 Å². The number of aromatic carboxylic acids is 2. The highest BCUT2D eigenvalue weighted by Gasteiger charge is 2.25. The Balaban J connectivity index is 2.55. The van der Waals surface area contributed by atoms with Crippen molar-refractivity contribution in [3.8, 4) is 11.5 Å². The third kappa shape index (κ3) is 3.18. The van der Waals surface area contributed by atoms with Crippen LogP contribution in [0.5, 0.6) is 11.5 Å². The summed E-state index contributed by atoms with van der Waals surface area (Å²) in [4.78, 5) is 22.7. The summed E-state index contributed by atoms with van der Waals surface area (Å²) in [5.74, 6) is -2.99. The fourth-order valence-corrected chi connectivity index (χ4v) is 1.90. The molecule has 0 bridgehead atoms. The number of rotatable bonds is 6. The quantitative estimate of drug-likeness (QED) is 0.587. The van der Waals surface area contributed by atoms with Crippen LogP contribution < -0.4 is 4.74 Å². The summed E-state index contributed by atoms with van der Waals surface area (Å²) in [6.45, 7) is 0. The molecule has 23 heavy (non-hydrogen) atoms. The number of ether oxygens (including phenoxy) is 1. The van der Waals surface area contributed by atoms with Gasteiger partial charge in [0.2, 0.25) is 0 Å². The molecule has 116 valence electrons. The van der Waals surface area contributed by atoms with Crippen LogP contribution in [0.3, 0.4) is 0 Å². The average molecular weight is 314 g/mol. The monoisotopic (exact) mass is 314 g/mol. The van der Waals surface area contributed by atoms with E-state index >= 15 is 0 Å². The molecule has 0 saturated heterocycles. The predicted octanol–water partition coefficient (Wildman–Crippen LogP) is 4.20. The molecule has 0 aliphatic carbocycles. The van der Waals surface area contributed by atoms with Gasteiger partial charge in [0.05, 0.1) is 5.69 Å². The van der Waals surface area contributed by atoms with Crippen molar-refractivity contribution >= 4 is 23.3 Å². The molecular formula is C14H10N4O5. The molecule has 2 aromatic carbocycles. The largest absolute Gasteiger partial charge is 0.478 e. The summed E-state index contributed by atoms with van der Waals surface area (Å²) < 4.78 is 5.41. The normalized spacial score (nSPS) is 9.91. The summed E-state index contributed by atoms with van der Waals surface area (Å²) in [5.41, 5.74) is 12.7. The highest BCUT2D eigenvalue weighted by Crippen LogP contribution is 2.34. The maximum absolute atomic E-state index is 11.4. The fourth-order valence-electron chi connectivity index (χ4n) is 1.90. The van der Waals surface area contributed by atoms with Crippen LogP contribution >= 0.6 is 0 Å². The molecule has 9 nitrogen and oxygen atoms in total. The van der Waals surface area contributed by atoms with Crippen LogP contribution in [0.1, 0.15) is 20.7 Å². The highest BCUT2D eigenvalue weighted by molar-refractivity contribution is 6.07. The van der Waals surface area contributed by atoms with Gasteiger partial charge >= 0.3 is 11.9 Å². The first kappa shape index (κ1) is 15.8. The third-order valence-corrected chi connectivity index (χ3v) is 2.89. The molecule has 0 aliphatic heterocycles. The van der Waals surface area contributed by atoms with Crippen LogP contribution in [0.15, 0.2) is 46.6 Å². The van der Waals surface area contributed by atoms with Gasteiger partial charge in [-0.15, -0.1) is 0 Å². The number of carbonyl (C=O) groups is 2. The molecule has 0 saturated carbocycles. The van der Waals surface area contributed by atoms with Crippen LogP contribution in [0.25, 0.3) is 0 Å². The zero-order chi connectivity index (χ0) is 17.0. The van der Waals surface area contributed by atoms with Gasteiger partial charge in [0.15, 0.2) is 0 Å². The second-order valence-corrected chi connectivity index (χ2v) is 4.26. The van der Waals surface area contributed by atoms with Gasteiger partial charge in [0, 0.05) is 0 Å². The van der Waals surface area contributed by atoms with Crippen molar-refractivity contribution in [2.24, 2.45) is 10.2 Å². The van der Waals surface area contributed by atoms with Crippen LogP contribution in [-0.4, -0.2) is 22.2 Å². The number of benzene rings is 2. The van der Waals surface area contributed by atoms with Crippen molar-refractivity contribution in [2.45, 2.75) is 0 Å². The Hall–Kier alpha value is -3.62. The van der Waals surface area contributed by atoms with Gasteiger partial charge in [-0.25, -0.2) is 20.7 Å². The molecule has 0 aliphatic rings. The van der Waals surface area contributed by atoms with Crippen molar-refractivity contribution < 1.29 is 24.5 Å². The van der Waals surface area contributed by atoms with Gasteiger partial charge in [-0.3, -0.25) is 0 Å². The van der Waals surface area contributed by atoms with Crippen molar-refractivity contribution in [2.75, 3.05) is 0 Å². The van der Waals surface area contributed by atoms with E-state index in [1.54, 1.807) is 0 Å². The van der Waals surface area contributed by atoms with Gasteiger partial charge in [0.1, 0.15) is 28.3 Å². The van der Waals surface area contributed by atoms with Crippen LogP contribution in [0, 0.1) is 11.1 Å². The zero-order valence-electron chi connectivity index (χ0n) is 11.5. The van der Waals surface area contributed by atoms with E-state index in [0.29, 0.717) is 5.69 Å². The van der Waals surface area contributed by atoms with Crippen LogP contribution in [0.4, 0.5) is 11.4 Å². The lowest BCUT2D eigenvalue weighted by atomic mass is 10.0. The van der Waals surface area contributed by atoms with E-state index in [4.69, 9.17) is 15.8 Å². The molecule has 2 rings (SSSR count). The topological polar surface area (TPSA) is 156 Å². The molecule has 9 heteroatoms. The van der Waals surface area contributed by atoms with Gasteiger partial charge in [-0.1, -0.05) is 0 Å². The highest BCUT2D eigenvalue weighted by atomic mass is 16.5. The van der Waals surface area contributed by atoms with Crippen molar-refractivity contribution in [3.63, 3.8) is 0 Å². The SMILES string of the molecule is N=Nc1ccc(Oc2ccc(N=N)c(C(=O)O)c2C(=O)O)cc1. The summed E-state index contributed by atoms with van der Waals surface area (Å²) in [6.07, 6.45) is 0. The Morgan fingerprint density at radius 1 is 0.870 bits per heavy atom. The first-order valence-electron chi connectivity index (χ1n) is 6.14. The number of carboxylic acids is 2. The van der Waals surface area contributed by atoms with E-state index in [9.17, 15) is 19.8 Å². The van der Waals surface area contributed by atoms with Crippen molar-refractivity contribution in [3.05, 3.63) is 47.5 Å². The minimum Gasteiger partial charge on any atom is -0.478 e. The molecular weight excluding hydrogens is 304 g/mol. The minimum atomic E-state index is -1.53. The Labute approximate surface area is 129 Å². The van der Waals surface area contributed by atoms with E-state index in [1.165, 1.54) is 36.4 Å². The van der Waals surface area contributed by atoms with Crippen molar-refractivity contribution in [1.29, 1.82) is 11.1 Å². The maximum Gasteiger partial charge on any atom is 0.340 e. The molecule has 0 fully saturated rings. The maximum atomic E-state index is 11.4. The smallest absolute Gasteiger partial charge is 0.340 e. The van der Waals surface area contributed by atoms with Crippen LogP contribution in [-0.2, 0) is 0 Å². The molecule has 0 spiro atoms. The standard InChI is InChI=1S/C14H10N4O5/c15-17-7-1-3-8(4-2-7)23-10-6-5-9(18-16)11(13(19)20)12(10)14(21)22/h1-6,15-16H,(H,19,20)(H,21,22). The van der Waals surface area contributed by atoms with E-state index in [1.807, 2.05) is 0 Å². The lowest BCUT2D eigenvalue weighted by Gasteiger charge is -2.12. The number of carboxylic acid groups (broad SMARTS) is 2. The van der Waals surface area contributed by atoms with Gasteiger partial charge < -0.3 is 14.9 Å². The fraction of sp³-hybridized carbons (Fsp3) is 0. The van der Waals surface area contributed by atoms with Gasteiger partial charge in [0.25, 0.3) is 0 Å². The Kier molecular flexibility index (Phi) is 4.41. The number of nitrogens with zero attached hydrogens (tertiary/aromatic N) is 2. The molecule has 0 aromatic heterocycles. The van der Waals surface area contributed by atoms with Crippen molar-refractivity contribution in [1.82, 2.24) is 0 Å². The number of nitrogens with one attached hydrogen (secondary N) is 2. The predicted molar refractivity (Wildman–Crippen MR) is 76.5 cm³/mol. The average Bonchev–Trinajstić information content (AvgIpc) is 2.54. The Morgan fingerprint density at radius 2 is 1.48 bits per heavy atom. The van der Waals surface area contributed by atoms with E-state index in [-0.39, 0.29) is 17.2 Å². The molecule has 4 N–H and O–H groups in total. The Bertz CT molecular complexity index is 802. The summed E-state index contributed by atoms with van der Waals surface area (Å²) in [6, 6.07) is 8.30. The second-order valence-electron chi connectivity index (χ2n) is 4.26. The third-order valence-electron chi connectivity index (χ3n) is 2.89. The molecule has 0 atom stereocenters. The zero-order valence-corrected chi connectivity index (χ0v) is 11.5. The molecule has 0 unspecified atom stereocenters. The number of hydrogen-bond acceptors (Lipinski definition) is 7. The van der Waals surface area contributed by atoms with E-state index < -0.39 is 23.1 Å². The molecule has 0 amide bonds. The summed E-state index contributed by atoms with van der Waals surface area (Å²) >= 11 is 0. The van der Waals surface area contributed by atoms with E-state index in [0.717, 1.165) is 0 Å². The Morgan fingerprint density at radius 3 is 1.96 bits per heavy atom. The molecule has 0 radical (unpaired) electrons. The molecule has 0 heterocycles. The van der Waals surface area contributed by atoms with Gasteiger partial charge in [-0.2, -0.15) is 10.2 Å². The summed E-state index contributed by atoms with van der Waals surface area (Å²) in [5, 5.41) is 24.7. The van der Waals surface area contributed by atoms with Gasteiger partial charge in [-0.05, 0) is 36.4 Å². The summed E-state index contributed by atoms with van der Waals surface area (Å²) in [7, 11) is 0. The number of hydrogen-bond donors (Lipinski definition) is 4. The first-order valence-corrected chi connectivity index (χ1v) is 6.14. The lowest BCUT2D eigenvalue weighted by molar-refractivity contribution is 0.0649. The minimum absolute atomic E-state index is 0.196. The van der Waals surface area contributed by atoms with Crippen LogP contribution in [0.2, 0.25) is 0 Å². The first-order chi connectivity index (χ1) is 11.0. The molecule has 2 aromatic rings. The second kappa shape index (κ2) is 6.43.